The van der Waals surface area contributed by atoms with Crippen LogP contribution in [0, 0.1) is 5.41 Å². The van der Waals surface area contributed by atoms with Gasteiger partial charge in [0.1, 0.15) is 5.69 Å². The number of hydrogen-bond acceptors (Lipinski definition) is 4. The van der Waals surface area contributed by atoms with Gasteiger partial charge in [-0.2, -0.15) is 5.10 Å². The molecule has 0 aromatic carbocycles. The molecule has 2 heterocycles. The second-order valence-corrected chi connectivity index (χ2v) is 5.33. The van der Waals surface area contributed by atoms with Crippen LogP contribution in [0.25, 0.3) is 5.69 Å². The lowest BCUT2D eigenvalue weighted by molar-refractivity contribution is -0.149. The van der Waals surface area contributed by atoms with Gasteiger partial charge in [-0.3, -0.25) is 14.6 Å². The van der Waals surface area contributed by atoms with Crippen LogP contribution in [0.4, 0.5) is 0 Å². The van der Waals surface area contributed by atoms with Crippen LogP contribution in [0.15, 0.2) is 36.8 Å². The fourth-order valence-corrected chi connectivity index (χ4v) is 2.33. The number of carboxylic acid groups (broad SMARTS) is 1. The highest BCUT2D eigenvalue weighted by Gasteiger charge is 2.35. The second kappa shape index (κ2) is 7.04. The monoisotopic (exact) mass is 316 g/mol. The highest BCUT2D eigenvalue weighted by atomic mass is 16.4. The molecule has 0 aliphatic rings. The lowest BCUT2D eigenvalue weighted by atomic mass is 9.82. The molecule has 7 nitrogen and oxygen atoms in total. The average molecular weight is 316 g/mol. The lowest BCUT2D eigenvalue weighted by Gasteiger charge is -2.26. The van der Waals surface area contributed by atoms with E-state index in [1.165, 1.54) is 6.20 Å². The maximum absolute atomic E-state index is 12.3. The molecule has 0 unspecified atom stereocenters. The van der Waals surface area contributed by atoms with E-state index < -0.39 is 17.3 Å². The summed E-state index contributed by atoms with van der Waals surface area (Å²) >= 11 is 0. The normalized spacial score (nSPS) is 11.2. The van der Waals surface area contributed by atoms with Gasteiger partial charge in [0.05, 0.1) is 11.1 Å². The molecular weight excluding hydrogens is 296 g/mol. The predicted octanol–water partition coefficient (Wildman–Crippen LogP) is 1.89. The van der Waals surface area contributed by atoms with E-state index in [9.17, 15) is 14.7 Å². The van der Waals surface area contributed by atoms with Gasteiger partial charge in [-0.25, -0.2) is 4.68 Å². The summed E-state index contributed by atoms with van der Waals surface area (Å²) in [5.41, 5.74) is -0.00922. The van der Waals surface area contributed by atoms with Crippen molar-refractivity contribution in [2.75, 3.05) is 6.54 Å². The van der Waals surface area contributed by atoms with Crippen LogP contribution in [0.1, 0.15) is 37.2 Å². The van der Waals surface area contributed by atoms with Gasteiger partial charge in [-0.1, -0.05) is 13.8 Å². The molecule has 0 atom stereocenters. The van der Waals surface area contributed by atoms with E-state index in [1.54, 1.807) is 49.1 Å². The first-order chi connectivity index (χ1) is 11.0. The Bertz CT molecular complexity index is 678. The molecule has 0 aliphatic heterocycles. The summed E-state index contributed by atoms with van der Waals surface area (Å²) in [6, 6.07) is 5.13. The van der Waals surface area contributed by atoms with Crippen molar-refractivity contribution in [3.05, 3.63) is 42.5 Å². The van der Waals surface area contributed by atoms with Gasteiger partial charge in [0.15, 0.2) is 0 Å². The molecular formula is C16H20N4O3. The SMILES string of the molecule is CCC(CC)(CNC(=O)c1cc(-n2cccn2)ccn1)C(=O)O. The Labute approximate surface area is 134 Å². The van der Waals surface area contributed by atoms with Crippen molar-refractivity contribution in [3.63, 3.8) is 0 Å². The predicted molar refractivity (Wildman–Crippen MR) is 84.3 cm³/mol. The van der Waals surface area contributed by atoms with Crippen LogP contribution in [-0.2, 0) is 4.79 Å². The van der Waals surface area contributed by atoms with Crippen molar-refractivity contribution in [1.29, 1.82) is 0 Å². The number of hydrogen-bond donors (Lipinski definition) is 2. The van der Waals surface area contributed by atoms with Crippen molar-refractivity contribution in [1.82, 2.24) is 20.1 Å². The molecule has 0 saturated heterocycles. The van der Waals surface area contributed by atoms with Crippen molar-refractivity contribution in [3.8, 4) is 5.69 Å². The largest absolute Gasteiger partial charge is 0.481 e. The summed E-state index contributed by atoms with van der Waals surface area (Å²) in [7, 11) is 0. The topological polar surface area (TPSA) is 97.1 Å². The quantitative estimate of drug-likeness (QED) is 0.813. The molecule has 1 amide bonds. The molecule has 0 bridgehead atoms. The third kappa shape index (κ3) is 3.56. The number of carbonyl (C=O) groups excluding carboxylic acids is 1. The van der Waals surface area contributed by atoms with Crippen molar-refractivity contribution in [2.24, 2.45) is 5.41 Å². The number of rotatable bonds is 7. The van der Waals surface area contributed by atoms with E-state index >= 15 is 0 Å². The second-order valence-electron chi connectivity index (χ2n) is 5.33. The minimum atomic E-state index is -0.949. The number of pyridine rings is 1. The fraction of sp³-hybridized carbons (Fsp3) is 0.375. The Morgan fingerprint density at radius 2 is 2.04 bits per heavy atom. The lowest BCUT2D eigenvalue weighted by Crippen LogP contribution is -2.42. The zero-order chi connectivity index (χ0) is 16.9. The summed E-state index contributed by atoms with van der Waals surface area (Å²) in [6.45, 7) is 3.68. The van der Waals surface area contributed by atoms with Crippen molar-refractivity contribution in [2.45, 2.75) is 26.7 Å². The highest BCUT2D eigenvalue weighted by molar-refractivity contribution is 5.93. The molecule has 23 heavy (non-hydrogen) atoms. The molecule has 0 spiro atoms. The number of aliphatic carboxylic acids is 1. The molecule has 2 aromatic rings. The summed E-state index contributed by atoms with van der Waals surface area (Å²) < 4.78 is 1.62. The standard InChI is InChI=1S/C16H20N4O3/c1-3-16(4-2,15(22)23)11-18-14(21)13-10-12(6-8-17-13)20-9-5-7-19-20/h5-10H,3-4,11H2,1-2H3,(H,18,21)(H,22,23). The van der Waals surface area contributed by atoms with Gasteiger partial charge in [0.25, 0.3) is 5.91 Å². The zero-order valence-electron chi connectivity index (χ0n) is 13.2. The molecule has 122 valence electrons. The van der Waals surface area contributed by atoms with Crippen LogP contribution >= 0.6 is 0 Å². The van der Waals surface area contributed by atoms with E-state index in [-0.39, 0.29) is 12.2 Å². The first-order valence-corrected chi connectivity index (χ1v) is 7.50. The third-order valence-corrected chi connectivity index (χ3v) is 4.14. The number of nitrogens with zero attached hydrogens (tertiary/aromatic N) is 3. The summed E-state index contributed by atoms with van der Waals surface area (Å²) in [5, 5.41) is 16.2. The Morgan fingerprint density at radius 1 is 1.30 bits per heavy atom. The molecule has 0 radical (unpaired) electrons. The highest BCUT2D eigenvalue weighted by Crippen LogP contribution is 2.25. The van der Waals surface area contributed by atoms with E-state index in [0.717, 1.165) is 0 Å². The first kappa shape index (κ1) is 16.7. The van der Waals surface area contributed by atoms with Gasteiger partial charge in [0.2, 0.25) is 0 Å². The summed E-state index contributed by atoms with van der Waals surface area (Å²) in [4.78, 5) is 27.8. The average Bonchev–Trinajstić information content (AvgIpc) is 3.10. The van der Waals surface area contributed by atoms with Crippen molar-refractivity contribution >= 4 is 11.9 Å². The molecule has 2 aromatic heterocycles. The first-order valence-electron chi connectivity index (χ1n) is 7.50. The van der Waals surface area contributed by atoms with Gasteiger partial charge in [0, 0.05) is 25.1 Å². The Morgan fingerprint density at radius 3 is 2.61 bits per heavy atom. The van der Waals surface area contributed by atoms with Crippen LogP contribution < -0.4 is 5.32 Å². The molecule has 2 N–H and O–H groups in total. The molecule has 7 heteroatoms. The third-order valence-electron chi connectivity index (χ3n) is 4.14. The molecule has 0 saturated carbocycles. The Balaban J connectivity index is 2.12. The van der Waals surface area contributed by atoms with Gasteiger partial charge in [-0.15, -0.1) is 0 Å². The summed E-state index contributed by atoms with van der Waals surface area (Å²) in [5.74, 6) is -1.30. The van der Waals surface area contributed by atoms with Crippen LogP contribution in [0.5, 0.6) is 0 Å². The van der Waals surface area contributed by atoms with Gasteiger partial charge in [-0.05, 0) is 31.0 Å². The minimum absolute atomic E-state index is 0.0713. The number of aromatic nitrogens is 3. The van der Waals surface area contributed by atoms with Gasteiger partial charge < -0.3 is 10.4 Å². The molecule has 2 rings (SSSR count). The van der Waals surface area contributed by atoms with E-state index in [0.29, 0.717) is 18.5 Å². The van der Waals surface area contributed by atoms with E-state index in [2.05, 4.69) is 15.4 Å². The number of amides is 1. The summed E-state index contributed by atoms with van der Waals surface area (Å²) in [6.07, 6.45) is 5.82. The Hall–Kier alpha value is -2.70. The Kier molecular flexibility index (Phi) is 5.10. The minimum Gasteiger partial charge on any atom is -0.481 e. The molecule has 0 aliphatic carbocycles. The number of nitrogens with one attached hydrogen (secondary N) is 1. The van der Waals surface area contributed by atoms with Crippen LogP contribution in [0.2, 0.25) is 0 Å². The van der Waals surface area contributed by atoms with E-state index in [4.69, 9.17) is 0 Å². The fourth-order valence-electron chi connectivity index (χ4n) is 2.33. The maximum atomic E-state index is 12.3. The molecule has 0 fully saturated rings. The smallest absolute Gasteiger partial charge is 0.311 e. The number of carboxylic acids is 1. The zero-order valence-corrected chi connectivity index (χ0v) is 13.2. The van der Waals surface area contributed by atoms with E-state index in [1.807, 2.05) is 0 Å². The van der Waals surface area contributed by atoms with Crippen molar-refractivity contribution < 1.29 is 14.7 Å². The number of carbonyl (C=O) groups is 2. The maximum Gasteiger partial charge on any atom is 0.311 e. The van der Waals surface area contributed by atoms with Crippen LogP contribution in [-0.4, -0.2) is 38.3 Å². The van der Waals surface area contributed by atoms with Gasteiger partial charge >= 0.3 is 5.97 Å². The van der Waals surface area contributed by atoms with Crippen LogP contribution in [0.3, 0.4) is 0 Å².